The molecule has 2 aromatic heterocycles. The summed E-state index contributed by atoms with van der Waals surface area (Å²) in [7, 11) is 1.98. The minimum absolute atomic E-state index is 0.144. The smallest absolute Gasteiger partial charge is 0.350 e. The van der Waals surface area contributed by atoms with Gasteiger partial charge in [0.1, 0.15) is 22.7 Å². The van der Waals surface area contributed by atoms with E-state index in [9.17, 15) is 10.1 Å². The quantitative estimate of drug-likeness (QED) is 0.253. The molecule has 234 valence electrons. The molecule has 3 aliphatic heterocycles. The van der Waals surface area contributed by atoms with Crippen LogP contribution in [-0.4, -0.2) is 66.3 Å². The molecule has 8 rings (SSSR count). The number of aromatic nitrogens is 2. The molecule has 5 heterocycles. The lowest BCUT2D eigenvalue weighted by Gasteiger charge is -2.36. The summed E-state index contributed by atoms with van der Waals surface area (Å²) < 4.78 is 23.6. The molecule has 0 radical (unpaired) electrons. The fraction of sp³-hybridized carbons (Fsp3) is 0.469. The standard InChI is InChI=1S/C32H33ClFN7O2S2/c1-37-15-4-5-19(8-15)43-13-18-14-44-29-26(20-6-7-24(34)28-25(20)22(10-35)30(36)45-28)23(33)9-21-27(29)41(18)32(42)39-31(21)40-11-16-2-3-17(12-40)38-16/h6-7,9,15-19,37-38H,2-5,8,11-14,36H2,1H3/t15?,16?,17?,18-,19?/m0/s1. The van der Waals surface area contributed by atoms with Crippen LogP contribution < -0.4 is 27.0 Å². The average Bonchev–Trinajstić information content (AvgIpc) is 3.74. The van der Waals surface area contributed by atoms with E-state index in [1.807, 2.05) is 13.1 Å². The van der Waals surface area contributed by atoms with E-state index in [2.05, 4.69) is 21.6 Å². The Hall–Kier alpha value is -2.92. The second kappa shape index (κ2) is 11.4. The minimum atomic E-state index is -0.438. The van der Waals surface area contributed by atoms with Crippen molar-refractivity contribution in [2.45, 2.75) is 67.3 Å². The number of piperazine rings is 1. The van der Waals surface area contributed by atoms with E-state index in [1.165, 1.54) is 6.07 Å². The molecule has 2 aromatic carbocycles. The summed E-state index contributed by atoms with van der Waals surface area (Å²) >= 11 is 9.86. The minimum Gasteiger partial charge on any atom is -0.389 e. The number of halogens is 2. The Balaban J connectivity index is 1.32. The Morgan fingerprint density at radius 3 is 2.80 bits per heavy atom. The van der Waals surface area contributed by atoms with Crippen molar-refractivity contribution in [3.8, 4) is 17.2 Å². The van der Waals surface area contributed by atoms with Crippen LogP contribution in [0.3, 0.4) is 0 Å². The number of thioether (sulfide) groups is 1. The number of nitrogens with two attached hydrogens (primary N) is 1. The highest BCUT2D eigenvalue weighted by Gasteiger charge is 2.37. The van der Waals surface area contributed by atoms with E-state index in [0.717, 1.165) is 72.3 Å². The first kappa shape index (κ1) is 29.5. The zero-order valence-electron chi connectivity index (χ0n) is 24.7. The maximum Gasteiger partial charge on any atom is 0.350 e. The summed E-state index contributed by atoms with van der Waals surface area (Å²) in [6, 6.07) is 8.08. The molecule has 0 spiro atoms. The van der Waals surface area contributed by atoms with Crippen molar-refractivity contribution in [1.29, 1.82) is 5.26 Å². The van der Waals surface area contributed by atoms with Crippen LogP contribution in [0.4, 0.5) is 15.2 Å². The van der Waals surface area contributed by atoms with Crippen LogP contribution >= 0.6 is 34.7 Å². The lowest BCUT2D eigenvalue weighted by Crippen LogP contribution is -2.52. The van der Waals surface area contributed by atoms with Gasteiger partial charge in [-0.3, -0.25) is 4.57 Å². The number of hydrogen-bond donors (Lipinski definition) is 3. The number of fused-ring (bicyclic) bond motifs is 3. The van der Waals surface area contributed by atoms with E-state index in [0.29, 0.717) is 62.5 Å². The molecule has 13 heteroatoms. The number of nitrogens with zero attached hydrogens (tertiary/aromatic N) is 4. The molecule has 3 fully saturated rings. The number of rotatable bonds is 6. The predicted octanol–water partition coefficient (Wildman–Crippen LogP) is 5.27. The number of thiophene rings is 1. The van der Waals surface area contributed by atoms with E-state index in [1.54, 1.807) is 22.4 Å². The van der Waals surface area contributed by atoms with Gasteiger partial charge in [0.15, 0.2) is 0 Å². The zero-order chi connectivity index (χ0) is 31.0. The summed E-state index contributed by atoms with van der Waals surface area (Å²) in [6.45, 7) is 1.94. The van der Waals surface area contributed by atoms with Gasteiger partial charge < -0.3 is 26.0 Å². The third-order valence-electron chi connectivity index (χ3n) is 9.91. The van der Waals surface area contributed by atoms with Crippen molar-refractivity contribution in [3.05, 3.63) is 45.1 Å². The number of anilines is 2. The molecule has 0 amide bonds. The molecule has 4 aromatic rings. The topological polar surface area (TPSA) is 121 Å². The number of nitrogen functional groups attached to an aromatic ring is 1. The Morgan fingerprint density at radius 1 is 1.27 bits per heavy atom. The van der Waals surface area contributed by atoms with Crippen molar-refractivity contribution in [2.24, 2.45) is 0 Å². The van der Waals surface area contributed by atoms with Crippen molar-refractivity contribution in [2.75, 3.05) is 43.1 Å². The molecule has 4 unspecified atom stereocenters. The number of ether oxygens (including phenoxy) is 1. The third kappa shape index (κ3) is 4.82. The van der Waals surface area contributed by atoms with Crippen molar-refractivity contribution < 1.29 is 9.13 Å². The van der Waals surface area contributed by atoms with Gasteiger partial charge >= 0.3 is 5.69 Å². The Bertz CT molecular complexity index is 1950. The highest BCUT2D eigenvalue weighted by molar-refractivity contribution is 7.99. The fourth-order valence-corrected chi connectivity index (χ4v) is 10.4. The molecule has 9 nitrogen and oxygen atoms in total. The molecule has 45 heavy (non-hydrogen) atoms. The maximum absolute atomic E-state index is 15.0. The fourth-order valence-electron chi connectivity index (χ4n) is 7.75. The molecular weight excluding hydrogens is 633 g/mol. The second-order valence-electron chi connectivity index (χ2n) is 12.6. The predicted molar refractivity (Wildman–Crippen MR) is 179 cm³/mol. The van der Waals surface area contributed by atoms with E-state index in [-0.39, 0.29) is 28.4 Å². The zero-order valence-corrected chi connectivity index (χ0v) is 27.1. The molecule has 1 saturated carbocycles. The largest absolute Gasteiger partial charge is 0.389 e. The molecule has 4 N–H and O–H groups in total. The van der Waals surface area contributed by atoms with Gasteiger partial charge in [0, 0.05) is 58.2 Å². The van der Waals surface area contributed by atoms with Crippen LogP contribution in [-0.2, 0) is 4.74 Å². The van der Waals surface area contributed by atoms with E-state index < -0.39 is 5.82 Å². The first-order valence-corrected chi connectivity index (χ1v) is 17.6. The monoisotopic (exact) mass is 665 g/mol. The summed E-state index contributed by atoms with van der Waals surface area (Å²) in [6.07, 6.45) is 5.35. The van der Waals surface area contributed by atoms with Crippen molar-refractivity contribution >= 4 is 66.5 Å². The molecule has 1 aliphatic carbocycles. The van der Waals surface area contributed by atoms with Gasteiger partial charge in [-0.15, -0.1) is 23.1 Å². The van der Waals surface area contributed by atoms with Crippen LogP contribution in [0.5, 0.6) is 0 Å². The van der Waals surface area contributed by atoms with Gasteiger partial charge in [0.25, 0.3) is 0 Å². The molecule has 2 saturated heterocycles. The summed E-state index contributed by atoms with van der Waals surface area (Å²) in [4.78, 5) is 21.9. The van der Waals surface area contributed by atoms with E-state index in [4.69, 9.17) is 27.1 Å². The van der Waals surface area contributed by atoms with Crippen LogP contribution in [0.2, 0.25) is 5.02 Å². The lowest BCUT2D eigenvalue weighted by molar-refractivity contribution is 0.0389. The number of nitrogens with one attached hydrogen (secondary N) is 2. The van der Waals surface area contributed by atoms with Crippen LogP contribution in [0.25, 0.3) is 32.1 Å². The molecule has 2 bridgehead atoms. The number of benzene rings is 2. The van der Waals surface area contributed by atoms with Gasteiger partial charge in [0.05, 0.1) is 39.6 Å². The van der Waals surface area contributed by atoms with Gasteiger partial charge in [-0.25, -0.2) is 9.18 Å². The summed E-state index contributed by atoms with van der Waals surface area (Å²) in [5.41, 5.74) is 8.18. The highest BCUT2D eigenvalue weighted by Crippen LogP contribution is 2.51. The average molecular weight is 666 g/mol. The van der Waals surface area contributed by atoms with Crippen molar-refractivity contribution in [3.63, 3.8) is 0 Å². The first-order valence-electron chi connectivity index (χ1n) is 15.5. The normalized spacial score (nSPS) is 25.8. The third-order valence-corrected chi connectivity index (χ3v) is 12.5. The molecule has 4 aliphatic rings. The van der Waals surface area contributed by atoms with Crippen LogP contribution in [0.1, 0.15) is 43.7 Å². The van der Waals surface area contributed by atoms with Gasteiger partial charge in [-0.2, -0.15) is 10.2 Å². The summed E-state index contributed by atoms with van der Waals surface area (Å²) in [5.74, 6) is 0.792. The molecule has 5 atom stereocenters. The second-order valence-corrected chi connectivity index (χ2v) is 15.1. The van der Waals surface area contributed by atoms with Crippen LogP contribution in [0.15, 0.2) is 27.9 Å². The first-order chi connectivity index (χ1) is 21.8. The highest BCUT2D eigenvalue weighted by atomic mass is 35.5. The Kier molecular flexibility index (Phi) is 7.47. The lowest BCUT2D eigenvalue weighted by atomic mass is 9.97. The maximum atomic E-state index is 15.0. The van der Waals surface area contributed by atoms with Gasteiger partial charge in [0.2, 0.25) is 0 Å². The Morgan fingerprint density at radius 2 is 2.07 bits per heavy atom. The number of hydrogen-bond acceptors (Lipinski definition) is 10. The molecular formula is C32H33ClFN7O2S2. The van der Waals surface area contributed by atoms with Crippen LogP contribution in [0, 0.1) is 17.1 Å². The van der Waals surface area contributed by atoms with Gasteiger partial charge in [-0.1, -0.05) is 17.7 Å². The number of nitriles is 1. The summed E-state index contributed by atoms with van der Waals surface area (Å²) in [5, 5.41) is 19.0. The Labute approximate surface area is 272 Å². The van der Waals surface area contributed by atoms with E-state index >= 15 is 4.39 Å². The van der Waals surface area contributed by atoms with Gasteiger partial charge in [-0.05, 0) is 56.8 Å². The SMILES string of the molecule is CNC1CCC(OC[C@H]2CSc3c(-c4ccc(F)c5sc(N)c(C#N)c45)c(Cl)cc4c(N5CC6CCC(C5)N6)nc(=O)n2c34)C1. The van der Waals surface area contributed by atoms with Crippen molar-refractivity contribution in [1.82, 2.24) is 20.2 Å².